The van der Waals surface area contributed by atoms with Gasteiger partial charge in [0.05, 0.1) is 43.7 Å². The zero-order chi connectivity index (χ0) is 62.8. The first-order valence-electron chi connectivity index (χ1n) is 27.1. The Labute approximate surface area is 492 Å². The number of carbonyl (C=O) groups is 10. The van der Waals surface area contributed by atoms with Gasteiger partial charge < -0.3 is 91.7 Å². The van der Waals surface area contributed by atoms with Gasteiger partial charge in [-0.25, -0.2) is 14.4 Å². The number of nitrogens with one attached hydrogen (secondary N) is 1. The number of benzene rings is 3. The van der Waals surface area contributed by atoms with Crippen LogP contribution in [-0.2, 0) is 111 Å². The Kier molecular flexibility index (Phi) is 24.7. The van der Waals surface area contributed by atoms with Crippen LogP contribution in [0.3, 0.4) is 0 Å². The fourth-order valence-corrected chi connectivity index (χ4v) is 9.50. The second-order valence-electron chi connectivity index (χ2n) is 20.1. The average molecular weight is 1210 g/mol. The van der Waals surface area contributed by atoms with Gasteiger partial charge in [0.1, 0.15) is 80.5 Å². The van der Waals surface area contributed by atoms with Gasteiger partial charge in [-0.1, -0.05) is 66.7 Å². The molecule has 0 spiro atoms. The Morgan fingerprint density at radius 1 is 0.616 bits per heavy atom. The molecule has 3 aromatic carbocycles. The van der Waals surface area contributed by atoms with E-state index in [1.807, 2.05) is 0 Å². The van der Waals surface area contributed by atoms with Crippen LogP contribution in [-0.4, -0.2) is 199 Å². The minimum atomic E-state index is -3.12. The van der Waals surface area contributed by atoms with Gasteiger partial charge in [-0.3, -0.25) is 28.8 Å². The van der Waals surface area contributed by atoms with E-state index >= 15 is 0 Å². The predicted molar refractivity (Wildman–Crippen MR) is 285 cm³/mol. The average Bonchev–Trinajstić information content (AvgIpc) is 0.904. The maximum atomic E-state index is 14.6. The molecule has 3 aromatic rings. The van der Waals surface area contributed by atoms with Crippen LogP contribution in [0.2, 0.25) is 0 Å². The molecular weight excluding hydrogens is 1140 g/mol. The number of hydrogen-bond donors (Lipinski definition) is 4. The minimum absolute atomic E-state index is 0.0233. The van der Waals surface area contributed by atoms with Gasteiger partial charge in [-0.15, -0.1) is 0 Å². The molecule has 28 heteroatoms. The highest BCUT2D eigenvalue weighted by Crippen LogP contribution is 2.41. The van der Waals surface area contributed by atoms with Crippen molar-refractivity contribution >= 4 is 59.4 Å². The number of methoxy groups -OCH3 is 1. The molecule has 0 radical (unpaired) electrons. The number of esters is 8. The summed E-state index contributed by atoms with van der Waals surface area (Å²) in [5.74, 6) is -12.8. The summed E-state index contributed by atoms with van der Waals surface area (Å²) in [7, 11) is 0.845. The number of ketones is 1. The molecule has 0 aromatic heterocycles. The van der Waals surface area contributed by atoms with E-state index in [4.69, 9.17) is 66.3 Å². The molecule has 28 nitrogen and oxygen atoms in total. The molecule has 0 unspecified atom stereocenters. The van der Waals surface area contributed by atoms with Crippen LogP contribution >= 0.6 is 0 Å². The normalized spacial score (nSPS) is 27.7. The zero-order valence-corrected chi connectivity index (χ0v) is 47.9. The third-order valence-electron chi connectivity index (χ3n) is 13.4. The first-order chi connectivity index (χ1) is 40.9. The molecule has 86 heavy (non-hydrogen) atoms. The summed E-state index contributed by atoms with van der Waals surface area (Å²) in [6, 6.07) is 22.2. The molecule has 0 aliphatic carbocycles. The smallest absolute Gasteiger partial charge is 0.366 e. The third-order valence-corrected chi connectivity index (χ3v) is 13.4. The van der Waals surface area contributed by atoms with Crippen molar-refractivity contribution < 1.29 is 130 Å². The molecule has 3 aliphatic heterocycles. The maximum Gasteiger partial charge on any atom is 0.366 e. The number of rotatable bonds is 26. The SMILES string of the molecule is COC(=O)[C@@]1(O[C@H]2[C@@H](O)[C@@H](COC(=O)CCC(C)=O)O[C@@H](O[C@H]3[C@H](O)[C@@H](OC(=O)c4ccccc4)[C@H](OCc4ccccc4)O[C@@H]3COC(=O)c3ccccc3)[C@@H]2O)C[C@H](OC(C)=O)[C@@H](NC(C)=O)[C@H]([C@H](OC(C)=O)[C@@H](COC(C)=O)OC(C)=O)O1. The largest absolute Gasteiger partial charge is 0.465 e. The number of amides is 1. The standard InChI is InChI=1S/C58H69NO27/c1-30(60)23-24-43(66)75-27-40-45(67)51(86-58(57(72)73-7)25-39(78-33(4)63)44(59-31(2)61)50(85-58)49(80-35(6)65)42(79-34(5)64)28-74-32(3)62)47(69)55(81-40)84-48-41(29-76-53(70)37-19-13-9-14-20-37)82-56(77-26-36-17-11-8-12-18-36)52(46(48)68)83-54(71)38-21-15-10-16-22-38/h8-22,39-42,44-52,55-56,67-69H,23-29H2,1-7H3,(H,59,61)/t39-,40+,41+,42+,44+,45-,46-,47+,48+,49+,50+,51-,52+,55-,56+,58-/m0/s1. The van der Waals surface area contributed by atoms with Crippen LogP contribution in [0.1, 0.15) is 87.1 Å². The van der Waals surface area contributed by atoms with Gasteiger partial charge in [-0.2, -0.15) is 0 Å². The van der Waals surface area contributed by atoms with Gasteiger partial charge in [0.2, 0.25) is 5.91 Å². The molecule has 16 atom stereocenters. The molecule has 3 fully saturated rings. The fourth-order valence-electron chi connectivity index (χ4n) is 9.50. The van der Waals surface area contributed by atoms with Gasteiger partial charge in [0.25, 0.3) is 5.79 Å². The molecule has 4 N–H and O–H groups in total. The van der Waals surface area contributed by atoms with E-state index in [0.29, 0.717) is 5.56 Å². The van der Waals surface area contributed by atoms with E-state index in [9.17, 15) is 63.3 Å². The molecule has 3 saturated heterocycles. The second kappa shape index (κ2) is 31.5. The monoisotopic (exact) mass is 1210 g/mol. The lowest BCUT2D eigenvalue weighted by atomic mass is 9.87. The predicted octanol–water partition coefficient (Wildman–Crippen LogP) is 1.02. The first-order valence-corrected chi connectivity index (χ1v) is 27.1. The highest BCUT2D eigenvalue weighted by molar-refractivity contribution is 5.90. The number of aliphatic hydroxyl groups excluding tert-OH is 3. The van der Waals surface area contributed by atoms with Gasteiger partial charge in [0, 0.05) is 41.0 Å². The topological polar surface area (TPSA) is 373 Å². The Balaban J connectivity index is 1.48. The number of ether oxygens (including phenoxy) is 14. The van der Waals surface area contributed by atoms with Crippen molar-refractivity contribution in [1.29, 1.82) is 0 Å². The quantitative estimate of drug-likeness (QED) is 0.0644. The highest BCUT2D eigenvalue weighted by Gasteiger charge is 2.63. The van der Waals surface area contributed by atoms with Crippen LogP contribution in [0.5, 0.6) is 0 Å². The molecule has 0 bridgehead atoms. The molecule has 6 rings (SSSR count). The van der Waals surface area contributed by atoms with Gasteiger partial charge in [-0.05, 0) is 36.8 Å². The first kappa shape index (κ1) is 67.3. The van der Waals surface area contributed by atoms with Crippen molar-refractivity contribution in [2.24, 2.45) is 0 Å². The fraction of sp³-hybridized carbons (Fsp3) is 0.517. The summed E-state index contributed by atoms with van der Waals surface area (Å²) in [6.45, 7) is 3.32. The summed E-state index contributed by atoms with van der Waals surface area (Å²) in [5.41, 5.74) is 0.719. The van der Waals surface area contributed by atoms with E-state index in [-0.39, 0.29) is 29.9 Å². The summed E-state index contributed by atoms with van der Waals surface area (Å²) < 4.78 is 82.0. The summed E-state index contributed by atoms with van der Waals surface area (Å²) in [4.78, 5) is 131. The molecular formula is C58H69NO27. The minimum Gasteiger partial charge on any atom is -0.465 e. The molecule has 1 amide bonds. The lowest BCUT2D eigenvalue weighted by Gasteiger charge is -2.51. The Morgan fingerprint density at radius 3 is 1.78 bits per heavy atom. The molecule has 3 heterocycles. The van der Waals surface area contributed by atoms with Crippen molar-refractivity contribution in [3.63, 3.8) is 0 Å². The van der Waals surface area contributed by atoms with E-state index < -0.39 is 184 Å². The Morgan fingerprint density at radius 2 is 1.21 bits per heavy atom. The maximum absolute atomic E-state index is 14.6. The van der Waals surface area contributed by atoms with Crippen molar-refractivity contribution in [3.05, 3.63) is 108 Å². The second-order valence-corrected chi connectivity index (χ2v) is 20.1. The van der Waals surface area contributed by atoms with Crippen LogP contribution < -0.4 is 5.32 Å². The Bertz CT molecular complexity index is 2820. The van der Waals surface area contributed by atoms with Crippen molar-refractivity contribution in [1.82, 2.24) is 5.32 Å². The number of Topliss-reactive ketones (excluding diaryl/α,β-unsaturated/α-hetero) is 1. The van der Waals surface area contributed by atoms with Crippen molar-refractivity contribution in [3.8, 4) is 0 Å². The number of carbonyl (C=O) groups excluding carboxylic acids is 10. The van der Waals surface area contributed by atoms with E-state index in [2.05, 4.69) is 5.32 Å². The molecule has 468 valence electrons. The number of aliphatic hydroxyl groups is 3. The van der Waals surface area contributed by atoms with Crippen molar-refractivity contribution in [2.45, 2.75) is 165 Å². The van der Waals surface area contributed by atoms with Gasteiger partial charge in [0.15, 0.2) is 30.9 Å². The van der Waals surface area contributed by atoms with Crippen LogP contribution in [0.25, 0.3) is 0 Å². The van der Waals surface area contributed by atoms with E-state index in [0.717, 1.165) is 41.7 Å². The Hall–Kier alpha value is -7.80. The molecule has 3 aliphatic rings. The van der Waals surface area contributed by atoms with E-state index in [1.54, 1.807) is 66.7 Å². The summed E-state index contributed by atoms with van der Waals surface area (Å²) in [5, 5.41) is 40.0. The van der Waals surface area contributed by atoms with E-state index in [1.165, 1.54) is 31.2 Å². The third kappa shape index (κ3) is 18.6. The summed E-state index contributed by atoms with van der Waals surface area (Å²) >= 11 is 0. The van der Waals surface area contributed by atoms with Crippen LogP contribution in [0.4, 0.5) is 0 Å². The number of hydrogen-bond acceptors (Lipinski definition) is 27. The lowest BCUT2D eigenvalue weighted by Crippen LogP contribution is -2.71. The highest BCUT2D eigenvalue weighted by atomic mass is 16.8. The van der Waals surface area contributed by atoms with Crippen LogP contribution in [0.15, 0.2) is 91.0 Å². The van der Waals surface area contributed by atoms with Gasteiger partial charge >= 0.3 is 47.8 Å². The zero-order valence-electron chi connectivity index (χ0n) is 47.9. The lowest BCUT2D eigenvalue weighted by molar-refractivity contribution is -0.386. The molecule has 0 saturated carbocycles. The summed E-state index contributed by atoms with van der Waals surface area (Å²) in [6.07, 6.45) is -29.8. The van der Waals surface area contributed by atoms with Crippen molar-refractivity contribution in [2.75, 3.05) is 26.9 Å². The van der Waals surface area contributed by atoms with Crippen LogP contribution in [0, 0.1) is 0 Å².